The SMILES string of the molecule is CCOC(=O)C1=CNC(C)=C(C(=O)OCC)C1c1cccc2ccccc12. The van der Waals surface area contributed by atoms with Crippen LogP contribution in [0.4, 0.5) is 0 Å². The number of ether oxygens (including phenoxy) is 2. The highest BCUT2D eigenvalue weighted by molar-refractivity contribution is 6.01. The minimum atomic E-state index is -0.560. The van der Waals surface area contributed by atoms with E-state index in [1.54, 1.807) is 20.0 Å². The first-order valence-electron chi connectivity index (χ1n) is 9.07. The molecule has 0 fully saturated rings. The van der Waals surface area contributed by atoms with Crippen LogP contribution in [0.15, 0.2) is 65.5 Å². The second-order valence-corrected chi connectivity index (χ2v) is 6.23. The Morgan fingerprint density at radius 2 is 1.63 bits per heavy atom. The summed E-state index contributed by atoms with van der Waals surface area (Å²) < 4.78 is 10.5. The smallest absolute Gasteiger partial charge is 0.336 e. The van der Waals surface area contributed by atoms with Gasteiger partial charge in [0, 0.05) is 11.9 Å². The van der Waals surface area contributed by atoms with Gasteiger partial charge in [0.15, 0.2) is 0 Å². The summed E-state index contributed by atoms with van der Waals surface area (Å²) >= 11 is 0. The molecule has 0 bridgehead atoms. The molecule has 5 heteroatoms. The molecule has 0 saturated carbocycles. The van der Waals surface area contributed by atoms with Crippen LogP contribution in [-0.4, -0.2) is 25.2 Å². The zero-order valence-corrected chi connectivity index (χ0v) is 15.7. The summed E-state index contributed by atoms with van der Waals surface area (Å²) in [6, 6.07) is 13.8. The van der Waals surface area contributed by atoms with E-state index in [0.717, 1.165) is 16.3 Å². The first kappa shape index (κ1) is 18.7. The van der Waals surface area contributed by atoms with E-state index < -0.39 is 17.9 Å². The maximum absolute atomic E-state index is 12.8. The van der Waals surface area contributed by atoms with Crippen molar-refractivity contribution in [1.29, 1.82) is 0 Å². The van der Waals surface area contributed by atoms with Gasteiger partial charge in [-0.3, -0.25) is 0 Å². The Morgan fingerprint density at radius 1 is 0.963 bits per heavy atom. The fourth-order valence-corrected chi connectivity index (χ4v) is 3.42. The van der Waals surface area contributed by atoms with Gasteiger partial charge < -0.3 is 14.8 Å². The fourth-order valence-electron chi connectivity index (χ4n) is 3.42. The van der Waals surface area contributed by atoms with E-state index in [4.69, 9.17) is 9.47 Å². The van der Waals surface area contributed by atoms with Gasteiger partial charge in [0.1, 0.15) is 0 Å². The van der Waals surface area contributed by atoms with E-state index in [0.29, 0.717) is 16.8 Å². The predicted octanol–water partition coefficient (Wildman–Crippen LogP) is 3.81. The van der Waals surface area contributed by atoms with Crippen molar-refractivity contribution < 1.29 is 19.1 Å². The van der Waals surface area contributed by atoms with Gasteiger partial charge in [-0.25, -0.2) is 9.59 Å². The summed E-state index contributed by atoms with van der Waals surface area (Å²) in [5.74, 6) is -1.44. The molecule has 1 aliphatic rings. The summed E-state index contributed by atoms with van der Waals surface area (Å²) in [6.07, 6.45) is 1.63. The average molecular weight is 365 g/mol. The highest BCUT2D eigenvalue weighted by Gasteiger charge is 2.36. The quantitative estimate of drug-likeness (QED) is 0.816. The molecule has 1 N–H and O–H groups in total. The third-order valence-corrected chi connectivity index (χ3v) is 4.59. The lowest BCUT2D eigenvalue weighted by Crippen LogP contribution is -2.30. The number of nitrogens with one attached hydrogen (secondary N) is 1. The van der Waals surface area contributed by atoms with Crippen LogP contribution in [0, 0.1) is 0 Å². The molecule has 27 heavy (non-hydrogen) atoms. The van der Waals surface area contributed by atoms with Gasteiger partial charge in [0.2, 0.25) is 0 Å². The van der Waals surface area contributed by atoms with Crippen LogP contribution in [0.25, 0.3) is 10.8 Å². The van der Waals surface area contributed by atoms with E-state index in [9.17, 15) is 9.59 Å². The monoisotopic (exact) mass is 365 g/mol. The minimum absolute atomic E-state index is 0.260. The van der Waals surface area contributed by atoms with Crippen LogP contribution in [0.1, 0.15) is 32.3 Å². The number of carbonyl (C=O) groups excluding carboxylic acids is 2. The van der Waals surface area contributed by atoms with Gasteiger partial charge in [0.25, 0.3) is 0 Å². The Bertz CT molecular complexity index is 937. The van der Waals surface area contributed by atoms with Gasteiger partial charge in [0.05, 0.1) is 30.3 Å². The number of rotatable bonds is 5. The van der Waals surface area contributed by atoms with E-state index in [-0.39, 0.29) is 13.2 Å². The number of allylic oxidation sites excluding steroid dienone is 1. The zero-order chi connectivity index (χ0) is 19.4. The number of carbonyl (C=O) groups is 2. The number of hydrogen-bond acceptors (Lipinski definition) is 5. The summed E-state index contributed by atoms with van der Waals surface area (Å²) in [6.45, 7) is 5.85. The van der Waals surface area contributed by atoms with Crippen LogP contribution in [0.3, 0.4) is 0 Å². The number of dihydropyridines is 1. The molecule has 2 aromatic carbocycles. The van der Waals surface area contributed by atoms with Crippen molar-refractivity contribution in [3.63, 3.8) is 0 Å². The number of fused-ring (bicyclic) bond motifs is 1. The maximum Gasteiger partial charge on any atom is 0.336 e. The normalized spacial score (nSPS) is 16.6. The van der Waals surface area contributed by atoms with Crippen molar-refractivity contribution in [1.82, 2.24) is 5.32 Å². The second kappa shape index (κ2) is 8.08. The molecule has 0 aliphatic carbocycles. The lowest BCUT2D eigenvalue weighted by atomic mass is 9.80. The van der Waals surface area contributed by atoms with E-state index in [2.05, 4.69) is 5.32 Å². The molecule has 1 heterocycles. The molecule has 0 aromatic heterocycles. The number of esters is 2. The van der Waals surface area contributed by atoms with Gasteiger partial charge in [-0.2, -0.15) is 0 Å². The third kappa shape index (κ3) is 3.58. The molecule has 0 amide bonds. The molecule has 0 spiro atoms. The van der Waals surface area contributed by atoms with Crippen LogP contribution in [-0.2, 0) is 19.1 Å². The van der Waals surface area contributed by atoms with E-state index >= 15 is 0 Å². The molecule has 2 aromatic rings. The van der Waals surface area contributed by atoms with Gasteiger partial charge in [-0.15, -0.1) is 0 Å². The van der Waals surface area contributed by atoms with Gasteiger partial charge >= 0.3 is 11.9 Å². The van der Waals surface area contributed by atoms with Crippen molar-refractivity contribution >= 4 is 22.7 Å². The molecule has 1 aliphatic heterocycles. The summed E-state index contributed by atoms with van der Waals surface area (Å²) in [4.78, 5) is 25.4. The Kier molecular flexibility index (Phi) is 5.60. The lowest BCUT2D eigenvalue weighted by Gasteiger charge is -2.28. The molecular weight excluding hydrogens is 342 g/mol. The Labute approximate surface area is 158 Å². The minimum Gasteiger partial charge on any atom is -0.463 e. The van der Waals surface area contributed by atoms with Crippen LogP contribution < -0.4 is 5.32 Å². The van der Waals surface area contributed by atoms with E-state index in [1.807, 2.05) is 49.4 Å². The zero-order valence-electron chi connectivity index (χ0n) is 15.7. The average Bonchev–Trinajstić information content (AvgIpc) is 2.67. The highest BCUT2D eigenvalue weighted by atomic mass is 16.5. The molecule has 3 rings (SSSR count). The first-order chi connectivity index (χ1) is 13.1. The first-order valence-corrected chi connectivity index (χ1v) is 9.07. The standard InChI is InChI=1S/C22H23NO4/c1-4-26-21(24)18-13-23-14(3)19(22(25)27-5-2)20(18)17-12-8-10-15-9-6-7-11-16(15)17/h6-13,20,23H,4-5H2,1-3H3. The second-order valence-electron chi connectivity index (χ2n) is 6.23. The summed E-state index contributed by atoms with van der Waals surface area (Å²) in [5.41, 5.74) is 2.36. The molecule has 140 valence electrons. The maximum atomic E-state index is 12.8. The van der Waals surface area contributed by atoms with Crippen molar-refractivity contribution in [3.8, 4) is 0 Å². The van der Waals surface area contributed by atoms with Gasteiger partial charge in [-0.05, 0) is 37.1 Å². The lowest BCUT2D eigenvalue weighted by molar-refractivity contribution is -0.139. The Balaban J connectivity index is 2.22. The van der Waals surface area contributed by atoms with Crippen LogP contribution >= 0.6 is 0 Å². The molecule has 1 atom stereocenters. The predicted molar refractivity (Wildman–Crippen MR) is 104 cm³/mol. The van der Waals surface area contributed by atoms with E-state index in [1.165, 1.54) is 0 Å². The number of hydrogen-bond donors (Lipinski definition) is 1. The van der Waals surface area contributed by atoms with Crippen molar-refractivity contribution in [2.75, 3.05) is 13.2 Å². The molecule has 0 radical (unpaired) electrons. The third-order valence-electron chi connectivity index (χ3n) is 4.59. The van der Waals surface area contributed by atoms with Crippen LogP contribution in [0.2, 0.25) is 0 Å². The molecular formula is C22H23NO4. The largest absolute Gasteiger partial charge is 0.463 e. The fraction of sp³-hybridized carbons (Fsp3) is 0.273. The Morgan fingerprint density at radius 3 is 2.37 bits per heavy atom. The Hall–Kier alpha value is -3.08. The number of benzene rings is 2. The van der Waals surface area contributed by atoms with Crippen LogP contribution in [0.5, 0.6) is 0 Å². The molecule has 1 unspecified atom stereocenters. The summed E-state index contributed by atoms with van der Waals surface area (Å²) in [5, 5.41) is 5.05. The highest BCUT2D eigenvalue weighted by Crippen LogP contribution is 2.40. The topological polar surface area (TPSA) is 64.6 Å². The van der Waals surface area contributed by atoms with Crippen molar-refractivity contribution in [2.24, 2.45) is 0 Å². The molecule has 0 saturated heterocycles. The van der Waals surface area contributed by atoms with Crippen molar-refractivity contribution in [3.05, 3.63) is 71.1 Å². The molecule has 5 nitrogen and oxygen atoms in total. The van der Waals surface area contributed by atoms with Crippen molar-refractivity contribution in [2.45, 2.75) is 26.7 Å². The summed E-state index contributed by atoms with van der Waals surface area (Å²) in [7, 11) is 0. The van der Waals surface area contributed by atoms with Gasteiger partial charge in [-0.1, -0.05) is 42.5 Å².